The lowest BCUT2D eigenvalue weighted by Crippen LogP contribution is -2.34. The third-order valence-electron chi connectivity index (χ3n) is 4.17. The molecule has 2 heterocycles. The van der Waals surface area contributed by atoms with Crippen LogP contribution in [0.15, 0.2) is 36.9 Å². The van der Waals surface area contributed by atoms with Crippen LogP contribution in [0, 0.1) is 5.41 Å². The molecule has 6 heteroatoms. The molecule has 2 N–H and O–H groups in total. The van der Waals surface area contributed by atoms with Crippen LogP contribution in [0.2, 0.25) is 0 Å². The maximum Gasteiger partial charge on any atom is 0.253 e. The minimum atomic E-state index is 0.0537. The summed E-state index contributed by atoms with van der Waals surface area (Å²) in [5.41, 5.74) is 7.48. The standard InChI is InChI=1S/C15H19N5O/c1-15(8-16)6-7-19(9-15)14(21)12-2-4-13(5-3-12)20-10-17-18-11-20/h2-5,10-11H,6-9,16H2,1H3. The molecule has 0 saturated carbocycles. The number of hydrogen-bond acceptors (Lipinski definition) is 4. The highest BCUT2D eigenvalue weighted by Gasteiger charge is 2.35. The van der Waals surface area contributed by atoms with Crippen molar-refractivity contribution in [3.8, 4) is 5.69 Å². The van der Waals surface area contributed by atoms with Crippen molar-refractivity contribution in [2.24, 2.45) is 11.1 Å². The van der Waals surface area contributed by atoms with Crippen LogP contribution in [-0.4, -0.2) is 45.2 Å². The molecular weight excluding hydrogens is 266 g/mol. The van der Waals surface area contributed by atoms with Crippen LogP contribution >= 0.6 is 0 Å². The number of likely N-dealkylation sites (tertiary alicyclic amines) is 1. The Labute approximate surface area is 123 Å². The third-order valence-corrected chi connectivity index (χ3v) is 4.17. The van der Waals surface area contributed by atoms with Gasteiger partial charge < -0.3 is 10.6 Å². The van der Waals surface area contributed by atoms with Gasteiger partial charge in [0.1, 0.15) is 12.7 Å². The van der Waals surface area contributed by atoms with Gasteiger partial charge in [-0.1, -0.05) is 6.92 Å². The largest absolute Gasteiger partial charge is 0.338 e. The van der Waals surface area contributed by atoms with Crippen molar-refractivity contribution in [2.75, 3.05) is 19.6 Å². The highest BCUT2D eigenvalue weighted by Crippen LogP contribution is 2.29. The lowest BCUT2D eigenvalue weighted by atomic mass is 9.90. The number of nitrogens with zero attached hydrogens (tertiary/aromatic N) is 4. The Morgan fingerprint density at radius 2 is 1.95 bits per heavy atom. The predicted molar refractivity (Wildman–Crippen MR) is 79.0 cm³/mol. The summed E-state index contributed by atoms with van der Waals surface area (Å²) in [4.78, 5) is 14.4. The van der Waals surface area contributed by atoms with Gasteiger partial charge in [0.05, 0.1) is 0 Å². The molecular formula is C15H19N5O. The van der Waals surface area contributed by atoms with Gasteiger partial charge in [-0.05, 0) is 42.6 Å². The quantitative estimate of drug-likeness (QED) is 0.915. The van der Waals surface area contributed by atoms with Crippen molar-refractivity contribution >= 4 is 5.91 Å². The summed E-state index contributed by atoms with van der Waals surface area (Å²) in [6.07, 6.45) is 4.22. The van der Waals surface area contributed by atoms with Crippen molar-refractivity contribution in [1.82, 2.24) is 19.7 Å². The lowest BCUT2D eigenvalue weighted by molar-refractivity contribution is 0.0777. The Morgan fingerprint density at radius 3 is 2.52 bits per heavy atom. The SMILES string of the molecule is CC1(CN)CCN(C(=O)c2ccc(-n3cnnc3)cc2)C1. The average Bonchev–Trinajstić information content (AvgIpc) is 3.17. The molecule has 1 aliphatic heterocycles. The van der Waals surface area contributed by atoms with Crippen LogP contribution in [0.25, 0.3) is 5.69 Å². The van der Waals surface area contributed by atoms with E-state index in [1.54, 1.807) is 17.2 Å². The number of amides is 1. The number of carbonyl (C=O) groups excluding carboxylic acids is 1. The van der Waals surface area contributed by atoms with E-state index >= 15 is 0 Å². The van der Waals surface area contributed by atoms with Crippen LogP contribution in [0.5, 0.6) is 0 Å². The molecule has 1 saturated heterocycles. The summed E-state index contributed by atoms with van der Waals surface area (Å²) in [7, 11) is 0. The second-order valence-corrected chi connectivity index (χ2v) is 5.91. The molecule has 1 unspecified atom stereocenters. The smallest absolute Gasteiger partial charge is 0.253 e. The first-order chi connectivity index (χ1) is 10.1. The zero-order valence-electron chi connectivity index (χ0n) is 12.1. The van der Waals surface area contributed by atoms with Crippen molar-refractivity contribution in [2.45, 2.75) is 13.3 Å². The number of carbonyl (C=O) groups is 1. The van der Waals surface area contributed by atoms with Gasteiger partial charge >= 0.3 is 0 Å². The predicted octanol–water partition coefficient (Wildman–Crippen LogP) is 1.08. The first kappa shape index (κ1) is 13.8. The molecule has 0 spiro atoms. The molecule has 6 nitrogen and oxygen atoms in total. The van der Waals surface area contributed by atoms with E-state index in [1.165, 1.54) is 0 Å². The summed E-state index contributed by atoms with van der Waals surface area (Å²) in [6, 6.07) is 7.48. The molecule has 110 valence electrons. The Balaban J connectivity index is 1.74. The summed E-state index contributed by atoms with van der Waals surface area (Å²) < 4.78 is 1.80. The minimum Gasteiger partial charge on any atom is -0.338 e. The van der Waals surface area contributed by atoms with Gasteiger partial charge in [0.15, 0.2) is 0 Å². The summed E-state index contributed by atoms with van der Waals surface area (Å²) >= 11 is 0. The number of rotatable bonds is 3. The highest BCUT2D eigenvalue weighted by atomic mass is 16.2. The molecule has 1 amide bonds. The normalized spacial score (nSPS) is 21.7. The minimum absolute atomic E-state index is 0.0537. The number of aromatic nitrogens is 3. The molecule has 1 aromatic heterocycles. The lowest BCUT2D eigenvalue weighted by Gasteiger charge is -2.22. The van der Waals surface area contributed by atoms with Gasteiger partial charge in [-0.25, -0.2) is 0 Å². The van der Waals surface area contributed by atoms with Gasteiger partial charge in [0.2, 0.25) is 0 Å². The van der Waals surface area contributed by atoms with Gasteiger partial charge in [-0.2, -0.15) is 0 Å². The van der Waals surface area contributed by atoms with Crippen molar-refractivity contribution < 1.29 is 4.79 Å². The first-order valence-corrected chi connectivity index (χ1v) is 7.06. The maximum atomic E-state index is 12.5. The van der Waals surface area contributed by atoms with E-state index in [1.807, 2.05) is 29.2 Å². The summed E-state index contributed by atoms with van der Waals surface area (Å²) in [5.74, 6) is 0.0717. The van der Waals surface area contributed by atoms with Crippen LogP contribution in [0.1, 0.15) is 23.7 Å². The summed E-state index contributed by atoms with van der Waals surface area (Å²) in [5, 5.41) is 7.54. The van der Waals surface area contributed by atoms with E-state index in [9.17, 15) is 4.79 Å². The van der Waals surface area contributed by atoms with E-state index < -0.39 is 0 Å². The topological polar surface area (TPSA) is 77.0 Å². The average molecular weight is 285 g/mol. The van der Waals surface area contributed by atoms with Gasteiger partial charge in [-0.15, -0.1) is 10.2 Å². The highest BCUT2D eigenvalue weighted by molar-refractivity contribution is 5.94. The van der Waals surface area contributed by atoms with Crippen molar-refractivity contribution in [3.05, 3.63) is 42.5 Å². The Morgan fingerprint density at radius 1 is 1.29 bits per heavy atom. The molecule has 21 heavy (non-hydrogen) atoms. The number of benzene rings is 1. The fraction of sp³-hybridized carbons (Fsp3) is 0.400. The van der Waals surface area contributed by atoms with Crippen LogP contribution in [-0.2, 0) is 0 Å². The van der Waals surface area contributed by atoms with Crippen LogP contribution in [0.4, 0.5) is 0 Å². The van der Waals surface area contributed by atoms with Crippen molar-refractivity contribution in [3.63, 3.8) is 0 Å². The molecule has 0 aliphatic carbocycles. The molecule has 1 aromatic carbocycles. The zero-order valence-corrected chi connectivity index (χ0v) is 12.1. The van der Waals surface area contributed by atoms with E-state index in [0.29, 0.717) is 12.1 Å². The molecule has 1 atom stereocenters. The number of hydrogen-bond donors (Lipinski definition) is 1. The van der Waals surface area contributed by atoms with Gasteiger partial charge in [-0.3, -0.25) is 9.36 Å². The fourth-order valence-electron chi connectivity index (χ4n) is 2.66. The van der Waals surface area contributed by atoms with E-state index in [0.717, 1.165) is 25.2 Å². The number of nitrogens with two attached hydrogens (primary N) is 1. The first-order valence-electron chi connectivity index (χ1n) is 7.06. The molecule has 2 aromatic rings. The van der Waals surface area contributed by atoms with Crippen molar-refractivity contribution in [1.29, 1.82) is 0 Å². The van der Waals surface area contributed by atoms with Crippen LogP contribution in [0.3, 0.4) is 0 Å². The Kier molecular flexibility index (Phi) is 3.47. The van der Waals surface area contributed by atoms with E-state index in [2.05, 4.69) is 17.1 Å². The summed E-state index contributed by atoms with van der Waals surface area (Å²) in [6.45, 7) is 4.26. The Bertz CT molecular complexity index is 622. The second kappa shape index (κ2) is 5.29. The monoisotopic (exact) mass is 285 g/mol. The molecule has 1 fully saturated rings. The molecule has 0 bridgehead atoms. The Hall–Kier alpha value is -2.21. The molecule has 3 rings (SSSR count). The maximum absolute atomic E-state index is 12.5. The van der Waals surface area contributed by atoms with Gasteiger partial charge in [0, 0.05) is 24.3 Å². The van der Waals surface area contributed by atoms with Crippen LogP contribution < -0.4 is 5.73 Å². The second-order valence-electron chi connectivity index (χ2n) is 5.91. The van der Waals surface area contributed by atoms with E-state index in [4.69, 9.17) is 5.73 Å². The van der Waals surface area contributed by atoms with E-state index in [-0.39, 0.29) is 11.3 Å². The fourth-order valence-corrected chi connectivity index (χ4v) is 2.66. The van der Waals surface area contributed by atoms with Gasteiger partial charge in [0.25, 0.3) is 5.91 Å². The molecule has 0 radical (unpaired) electrons. The molecule has 1 aliphatic rings. The third kappa shape index (κ3) is 2.67. The zero-order chi connectivity index (χ0) is 14.9.